The maximum Gasteiger partial charge on any atom is 0.332 e. The fourth-order valence-electron chi connectivity index (χ4n) is 1.93. The predicted molar refractivity (Wildman–Crippen MR) is 71.7 cm³/mol. The zero-order valence-corrected chi connectivity index (χ0v) is 12.4. The van der Waals surface area contributed by atoms with Crippen molar-refractivity contribution >= 4 is 11.9 Å². The molecule has 0 aromatic rings. The summed E-state index contributed by atoms with van der Waals surface area (Å²) in [4.78, 5) is 16.5. The number of ether oxygens (including phenoxy) is 2. The highest BCUT2D eigenvalue weighted by Gasteiger charge is 2.51. The molecule has 4 heteroatoms. The SMILES string of the molecule is CCCC[C@H]1N=C(OC)[C@](C)(C(C)(C)C)OC1=O. The fourth-order valence-corrected chi connectivity index (χ4v) is 1.93. The van der Waals surface area contributed by atoms with Gasteiger partial charge >= 0.3 is 5.97 Å². The summed E-state index contributed by atoms with van der Waals surface area (Å²) in [6, 6.07) is -0.407. The van der Waals surface area contributed by atoms with Crippen LogP contribution in [0.3, 0.4) is 0 Å². The van der Waals surface area contributed by atoms with Gasteiger partial charge < -0.3 is 9.47 Å². The average Bonchev–Trinajstić information content (AvgIpc) is 2.26. The van der Waals surface area contributed by atoms with E-state index in [1.165, 1.54) is 0 Å². The van der Waals surface area contributed by atoms with Crippen molar-refractivity contribution in [2.75, 3.05) is 7.11 Å². The Labute approximate surface area is 110 Å². The second-order valence-corrected chi connectivity index (χ2v) is 6.00. The van der Waals surface area contributed by atoms with E-state index < -0.39 is 11.6 Å². The summed E-state index contributed by atoms with van der Waals surface area (Å²) < 4.78 is 11.0. The molecule has 1 aliphatic heterocycles. The Balaban J connectivity index is 3.04. The molecule has 0 amide bonds. The van der Waals surface area contributed by atoms with Crippen molar-refractivity contribution in [3.05, 3.63) is 0 Å². The number of methoxy groups -OCH3 is 1. The molecule has 0 aliphatic carbocycles. The average molecular weight is 255 g/mol. The normalized spacial score (nSPS) is 28.7. The van der Waals surface area contributed by atoms with Crippen LogP contribution in [0, 0.1) is 5.41 Å². The third-order valence-corrected chi connectivity index (χ3v) is 3.71. The van der Waals surface area contributed by atoms with Crippen molar-refractivity contribution in [1.82, 2.24) is 0 Å². The van der Waals surface area contributed by atoms with E-state index in [1.807, 2.05) is 27.7 Å². The number of carbonyl (C=O) groups is 1. The van der Waals surface area contributed by atoms with Crippen molar-refractivity contribution < 1.29 is 14.3 Å². The number of hydrogen-bond acceptors (Lipinski definition) is 4. The molecule has 2 atom stereocenters. The van der Waals surface area contributed by atoms with Gasteiger partial charge in [-0.25, -0.2) is 9.79 Å². The summed E-state index contributed by atoms with van der Waals surface area (Å²) in [7, 11) is 1.58. The minimum absolute atomic E-state index is 0.235. The molecule has 0 N–H and O–H groups in total. The largest absolute Gasteiger partial charge is 0.481 e. The van der Waals surface area contributed by atoms with E-state index >= 15 is 0 Å². The third kappa shape index (κ3) is 2.68. The van der Waals surface area contributed by atoms with Crippen LogP contribution in [-0.2, 0) is 14.3 Å². The van der Waals surface area contributed by atoms with Gasteiger partial charge in [0.1, 0.15) is 0 Å². The summed E-state index contributed by atoms with van der Waals surface area (Å²) in [5.41, 5.74) is -1.05. The Morgan fingerprint density at radius 2 is 2.06 bits per heavy atom. The monoisotopic (exact) mass is 255 g/mol. The molecule has 0 radical (unpaired) electrons. The highest BCUT2D eigenvalue weighted by atomic mass is 16.6. The first-order chi connectivity index (χ1) is 8.26. The maximum atomic E-state index is 12.0. The van der Waals surface area contributed by atoms with E-state index in [2.05, 4.69) is 11.9 Å². The lowest BCUT2D eigenvalue weighted by Crippen LogP contribution is -2.56. The molecule has 0 saturated carbocycles. The van der Waals surface area contributed by atoms with E-state index in [1.54, 1.807) is 7.11 Å². The number of carbonyl (C=O) groups excluding carboxylic acids is 1. The van der Waals surface area contributed by atoms with Crippen molar-refractivity contribution in [2.24, 2.45) is 10.4 Å². The highest BCUT2D eigenvalue weighted by molar-refractivity contribution is 5.94. The lowest BCUT2D eigenvalue weighted by Gasteiger charge is -2.43. The van der Waals surface area contributed by atoms with Gasteiger partial charge in [0.2, 0.25) is 5.90 Å². The minimum Gasteiger partial charge on any atom is -0.481 e. The summed E-state index contributed by atoms with van der Waals surface area (Å²) in [5.74, 6) is 0.289. The van der Waals surface area contributed by atoms with E-state index in [0.29, 0.717) is 5.90 Å². The molecule has 1 aliphatic rings. The lowest BCUT2D eigenvalue weighted by atomic mass is 9.76. The van der Waals surface area contributed by atoms with Gasteiger partial charge in [0.15, 0.2) is 11.6 Å². The number of cyclic esters (lactones) is 1. The molecule has 0 saturated heterocycles. The first kappa shape index (κ1) is 15.0. The topological polar surface area (TPSA) is 47.9 Å². The Morgan fingerprint density at radius 1 is 1.44 bits per heavy atom. The first-order valence-corrected chi connectivity index (χ1v) is 6.61. The Morgan fingerprint density at radius 3 is 2.50 bits per heavy atom. The Kier molecular flexibility index (Phi) is 4.41. The van der Waals surface area contributed by atoms with Crippen LogP contribution in [0.4, 0.5) is 0 Å². The molecule has 104 valence electrons. The summed E-state index contributed by atoms with van der Waals surface area (Å²) in [6.07, 6.45) is 2.73. The fraction of sp³-hybridized carbons (Fsp3) is 0.857. The molecule has 18 heavy (non-hydrogen) atoms. The Bertz CT molecular complexity index is 343. The molecule has 0 unspecified atom stereocenters. The second kappa shape index (κ2) is 5.29. The first-order valence-electron chi connectivity index (χ1n) is 6.61. The van der Waals surface area contributed by atoms with Gasteiger partial charge in [-0.3, -0.25) is 0 Å². The zero-order valence-electron chi connectivity index (χ0n) is 12.4. The summed E-state index contributed by atoms with van der Waals surface area (Å²) >= 11 is 0. The number of rotatable bonds is 3. The van der Waals surface area contributed by atoms with Gasteiger partial charge in [0.25, 0.3) is 0 Å². The van der Waals surface area contributed by atoms with E-state index in [0.717, 1.165) is 19.3 Å². The van der Waals surface area contributed by atoms with Crippen LogP contribution in [-0.4, -0.2) is 30.6 Å². The predicted octanol–water partition coefficient (Wildman–Crippen LogP) is 2.95. The van der Waals surface area contributed by atoms with Crippen molar-refractivity contribution in [3.8, 4) is 0 Å². The van der Waals surface area contributed by atoms with Crippen molar-refractivity contribution in [2.45, 2.75) is 65.5 Å². The Hall–Kier alpha value is -1.06. The van der Waals surface area contributed by atoms with E-state index in [4.69, 9.17) is 9.47 Å². The van der Waals surface area contributed by atoms with Gasteiger partial charge in [0, 0.05) is 5.41 Å². The number of esters is 1. The van der Waals surface area contributed by atoms with Crippen LogP contribution in [0.25, 0.3) is 0 Å². The number of hydrogen-bond donors (Lipinski definition) is 0. The van der Waals surface area contributed by atoms with Gasteiger partial charge in [-0.05, 0) is 13.3 Å². The second-order valence-electron chi connectivity index (χ2n) is 6.00. The van der Waals surface area contributed by atoms with Crippen molar-refractivity contribution in [1.29, 1.82) is 0 Å². The molecule has 0 fully saturated rings. The van der Waals surface area contributed by atoms with Crippen LogP contribution in [0.2, 0.25) is 0 Å². The molecular formula is C14H25NO3. The molecule has 1 rings (SSSR count). The lowest BCUT2D eigenvalue weighted by molar-refractivity contribution is -0.166. The van der Waals surface area contributed by atoms with Crippen LogP contribution in [0.5, 0.6) is 0 Å². The molecule has 0 bridgehead atoms. The zero-order chi connectivity index (χ0) is 14.0. The molecule has 4 nitrogen and oxygen atoms in total. The quantitative estimate of drug-likeness (QED) is 0.728. The molecular weight excluding hydrogens is 230 g/mol. The highest BCUT2D eigenvalue weighted by Crippen LogP contribution is 2.38. The standard InChI is InChI=1S/C14H25NO3/c1-7-8-9-10-11(16)18-14(5,13(2,3)4)12(15-10)17-6/h10H,7-9H2,1-6H3/t10-,14-/m1/s1. The van der Waals surface area contributed by atoms with Gasteiger partial charge in [-0.2, -0.15) is 0 Å². The molecule has 0 spiro atoms. The van der Waals surface area contributed by atoms with Gasteiger partial charge in [-0.1, -0.05) is 40.5 Å². The van der Waals surface area contributed by atoms with Crippen LogP contribution < -0.4 is 0 Å². The van der Waals surface area contributed by atoms with Gasteiger partial charge in [0.05, 0.1) is 7.11 Å². The van der Waals surface area contributed by atoms with Crippen molar-refractivity contribution in [3.63, 3.8) is 0 Å². The smallest absolute Gasteiger partial charge is 0.332 e. The maximum absolute atomic E-state index is 12.0. The van der Waals surface area contributed by atoms with Crippen LogP contribution >= 0.6 is 0 Å². The third-order valence-electron chi connectivity index (χ3n) is 3.71. The van der Waals surface area contributed by atoms with Gasteiger partial charge in [-0.15, -0.1) is 0 Å². The minimum atomic E-state index is -0.790. The van der Waals surface area contributed by atoms with E-state index in [9.17, 15) is 4.79 Å². The van der Waals surface area contributed by atoms with Crippen LogP contribution in [0.15, 0.2) is 4.99 Å². The molecule has 0 aromatic carbocycles. The summed E-state index contributed by atoms with van der Waals surface area (Å²) in [5, 5.41) is 0. The molecule has 1 heterocycles. The number of nitrogens with zero attached hydrogens (tertiary/aromatic N) is 1. The number of unbranched alkanes of at least 4 members (excludes halogenated alkanes) is 1. The van der Waals surface area contributed by atoms with Crippen LogP contribution in [0.1, 0.15) is 53.9 Å². The molecule has 0 aromatic heterocycles. The number of aliphatic imine (C=N–C) groups is 1. The summed E-state index contributed by atoms with van der Waals surface area (Å²) in [6.45, 7) is 10.0. The van der Waals surface area contributed by atoms with E-state index in [-0.39, 0.29) is 11.4 Å².